The van der Waals surface area contributed by atoms with Crippen LogP contribution in [0, 0.1) is 0 Å². The lowest BCUT2D eigenvalue weighted by Crippen LogP contribution is -2.42. The molecule has 1 aromatic rings. The van der Waals surface area contributed by atoms with Gasteiger partial charge in [0.15, 0.2) is 0 Å². The van der Waals surface area contributed by atoms with Gasteiger partial charge in [-0.05, 0) is 17.7 Å². The number of methoxy groups -OCH3 is 1. The van der Waals surface area contributed by atoms with Crippen LogP contribution in [0.2, 0.25) is 0 Å². The molecular formula is C13H14F3NO6S. The monoisotopic (exact) mass is 369 g/mol. The lowest BCUT2D eigenvalue weighted by molar-refractivity contribution is -0.144. The molecule has 24 heavy (non-hydrogen) atoms. The smallest absolute Gasteiger partial charge is 0.467 e. The molecule has 0 heterocycles. The summed E-state index contributed by atoms with van der Waals surface area (Å²) in [6.45, 7) is 1.17. The number of rotatable bonds is 6. The molecule has 0 fully saturated rings. The first-order valence-electron chi connectivity index (χ1n) is 6.41. The van der Waals surface area contributed by atoms with Crippen molar-refractivity contribution in [1.82, 2.24) is 5.32 Å². The second-order valence-electron chi connectivity index (χ2n) is 4.61. The van der Waals surface area contributed by atoms with E-state index >= 15 is 0 Å². The van der Waals surface area contributed by atoms with Gasteiger partial charge >= 0.3 is 21.6 Å². The summed E-state index contributed by atoms with van der Waals surface area (Å²) in [6.07, 6.45) is -0.129. The Morgan fingerprint density at radius 3 is 2.42 bits per heavy atom. The van der Waals surface area contributed by atoms with E-state index in [9.17, 15) is 31.2 Å². The van der Waals surface area contributed by atoms with Crippen LogP contribution in [0.3, 0.4) is 0 Å². The largest absolute Gasteiger partial charge is 0.534 e. The summed E-state index contributed by atoms with van der Waals surface area (Å²) in [4.78, 5) is 22.7. The van der Waals surface area contributed by atoms with Crippen LogP contribution in [-0.4, -0.2) is 39.0 Å². The maximum absolute atomic E-state index is 12.3. The average Bonchev–Trinajstić information content (AvgIpc) is 2.44. The lowest BCUT2D eigenvalue weighted by atomic mass is 10.1. The molecule has 1 atom stereocenters. The molecule has 1 unspecified atom stereocenters. The van der Waals surface area contributed by atoms with E-state index in [0.717, 1.165) is 19.2 Å². The van der Waals surface area contributed by atoms with E-state index in [4.69, 9.17) is 0 Å². The Hall–Kier alpha value is -2.30. The number of hydrogen-bond acceptors (Lipinski definition) is 6. The molecule has 0 saturated carbocycles. The highest BCUT2D eigenvalue weighted by Gasteiger charge is 2.48. The number of halogens is 3. The van der Waals surface area contributed by atoms with Crippen LogP contribution in [0.4, 0.5) is 13.2 Å². The van der Waals surface area contributed by atoms with Gasteiger partial charge in [0.25, 0.3) is 0 Å². The molecule has 134 valence electrons. The summed E-state index contributed by atoms with van der Waals surface area (Å²) in [5, 5.41) is 2.32. The van der Waals surface area contributed by atoms with Crippen LogP contribution < -0.4 is 9.50 Å². The fraction of sp³-hybridized carbons (Fsp3) is 0.385. The molecular weight excluding hydrogens is 355 g/mol. The van der Waals surface area contributed by atoms with E-state index in [0.29, 0.717) is 0 Å². The Morgan fingerprint density at radius 2 is 1.92 bits per heavy atom. The maximum Gasteiger partial charge on any atom is 0.534 e. The topological polar surface area (TPSA) is 98.8 Å². The number of alkyl halides is 3. The highest BCUT2D eigenvalue weighted by molar-refractivity contribution is 7.88. The van der Waals surface area contributed by atoms with E-state index in [2.05, 4.69) is 14.2 Å². The summed E-state index contributed by atoms with van der Waals surface area (Å²) in [5.41, 5.74) is -5.30. The highest BCUT2D eigenvalue weighted by Crippen LogP contribution is 2.27. The van der Waals surface area contributed by atoms with Crippen molar-refractivity contribution in [2.24, 2.45) is 0 Å². The molecule has 0 radical (unpaired) electrons. The van der Waals surface area contributed by atoms with Gasteiger partial charge in [0, 0.05) is 13.3 Å². The standard InChI is InChI=1S/C13H14F3NO6S/c1-8(18)17-11(12(19)22-2)7-9-4-3-5-10(6-9)23-24(20,21)13(14,15)16/h3-6,11H,7H2,1-2H3,(H,17,18). The molecule has 1 rings (SSSR count). The zero-order valence-corrected chi connectivity index (χ0v) is 13.4. The number of amides is 1. The van der Waals surface area contributed by atoms with Crippen molar-refractivity contribution in [3.05, 3.63) is 29.8 Å². The number of carbonyl (C=O) groups excluding carboxylic acids is 2. The first-order valence-corrected chi connectivity index (χ1v) is 7.81. The summed E-state index contributed by atoms with van der Waals surface area (Å²) >= 11 is 0. The summed E-state index contributed by atoms with van der Waals surface area (Å²) in [7, 11) is -4.69. The summed E-state index contributed by atoms with van der Waals surface area (Å²) in [5.74, 6) is -1.85. The Balaban J connectivity index is 2.99. The maximum atomic E-state index is 12.3. The minimum atomic E-state index is -5.80. The van der Waals surface area contributed by atoms with Crippen molar-refractivity contribution < 1.29 is 40.1 Å². The zero-order valence-electron chi connectivity index (χ0n) is 12.6. The minimum Gasteiger partial charge on any atom is -0.467 e. The van der Waals surface area contributed by atoms with Crippen LogP contribution in [-0.2, 0) is 30.9 Å². The molecule has 11 heteroatoms. The quantitative estimate of drug-likeness (QED) is 0.459. The van der Waals surface area contributed by atoms with E-state index < -0.39 is 39.3 Å². The number of esters is 1. The second-order valence-corrected chi connectivity index (χ2v) is 6.15. The van der Waals surface area contributed by atoms with Gasteiger partial charge < -0.3 is 14.2 Å². The van der Waals surface area contributed by atoms with Gasteiger partial charge in [0.1, 0.15) is 11.8 Å². The van der Waals surface area contributed by atoms with Crippen LogP contribution in [0.1, 0.15) is 12.5 Å². The Morgan fingerprint density at radius 1 is 1.29 bits per heavy atom. The van der Waals surface area contributed by atoms with Crippen LogP contribution in [0.25, 0.3) is 0 Å². The Bertz CT molecular complexity index is 717. The fourth-order valence-electron chi connectivity index (χ4n) is 1.71. The predicted molar refractivity (Wildman–Crippen MR) is 75.4 cm³/mol. The van der Waals surface area contributed by atoms with E-state index in [-0.39, 0.29) is 12.0 Å². The molecule has 1 N–H and O–H groups in total. The van der Waals surface area contributed by atoms with Crippen molar-refractivity contribution in [3.8, 4) is 5.75 Å². The van der Waals surface area contributed by atoms with Crippen LogP contribution in [0.5, 0.6) is 5.75 Å². The molecule has 0 aliphatic carbocycles. The summed E-state index contributed by atoms with van der Waals surface area (Å²) in [6, 6.07) is 3.62. The third-order valence-corrected chi connectivity index (χ3v) is 3.67. The van der Waals surface area contributed by atoms with Crippen molar-refractivity contribution in [3.63, 3.8) is 0 Å². The van der Waals surface area contributed by atoms with Crippen molar-refractivity contribution in [2.75, 3.05) is 7.11 Å². The lowest BCUT2D eigenvalue weighted by Gasteiger charge is -2.16. The first-order chi connectivity index (χ1) is 11.0. The van der Waals surface area contributed by atoms with Crippen LogP contribution >= 0.6 is 0 Å². The number of benzene rings is 1. The van der Waals surface area contributed by atoms with Gasteiger partial charge in [-0.25, -0.2) is 4.79 Å². The molecule has 0 aliphatic rings. The van der Waals surface area contributed by atoms with Crippen molar-refractivity contribution in [1.29, 1.82) is 0 Å². The Kier molecular flexibility index (Phi) is 6.18. The zero-order chi connectivity index (χ0) is 18.5. The number of hydrogen-bond donors (Lipinski definition) is 1. The molecule has 0 bridgehead atoms. The molecule has 0 saturated heterocycles. The molecule has 0 aliphatic heterocycles. The SMILES string of the molecule is COC(=O)C(Cc1cccc(OS(=O)(=O)C(F)(F)F)c1)NC(C)=O. The van der Waals surface area contributed by atoms with Gasteiger partial charge in [-0.3, -0.25) is 4.79 Å². The number of carbonyl (C=O) groups is 2. The summed E-state index contributed by atoms with van der Waals surface area (Å²) < 4.78 is 67.4. The molecule has 1 aromatic carbocycles. The molecule has 7 nitrogen and oxygen atoms in total. The third kappa shape index (κ3) is 5.41. The number of ether oxygens (including phenoxy) is 1. The molecule has 0 aromatic heterocycles. The predicted octanol–water partition coefficient (Wildman–Crippen LogP) is 1.14. The number of nitrogens with one attached hydrogen (secondary N) is 1. The van der Waals surface area contributed by atoms with Gasteiger partial charge in [-0.1, -0.05) is 12.1 Å². The van der Waals surface area contributed by atoms with E-state index in [1.165, 1.54) is 19.1 Å². The molecule has 1 amide bonds. The molecule has 0 spiro atoms. The van der Waals surface area contributed by atoms with Gasteiger partial charge in [0.2, 0.25) is 5.91 Å². The Labute approximate surface area is 135 Å². The van der Waals surface area contributed by atoms with Crippen LogP contribution in [0.15, 0.2) is 24.3 Å². The second kappa shape index (κ2) is 7.51. The van der Waals surface area contributed by atoms with E-state index in [1.54, 1.807) is 0 Å². The highest BCUT2D eigenvalue weighted by atomic mass is 32.2. The van der Waals surface area contributed by atoms with Gasteiger partial charge in [0.05, 0.1) is 7.11 Å². The van der Waals surface area contributed by atoms with E-state index in [1.807, 2.05) is 0 Å². The fourth-order valence-corrected chi connectivity index (χ4v) is 2.17. The average molecular weight is 369 g/mol. The third-order valence-electron chi connectivity index (χ3n) is 2.69. The minimum absolute atomic E-state index is 0.129. The van der Waals surface area contributed by atoms with Gasteiger partial charge in [-0.2, -0.15) is 21.6 Å². The first kappa shape index (κ1) is 19.7. The van der Waals surface area contributed by atoms with Crippen molar-refractivity contribution in [2.45, 2.75) is 24.9 Å². The van der Waals surface area contributed by atoms with Crippen molar-refractivity contribution >= 4 is 22.0 Å². The normalized spacial score (nSPS) is 13.0. The van der Waals surface area contributed by atoms with Gasteiger partial charge in [-0.15, -0.1) is 0 Å².